The molecule has 0 aliphatic heterocycles. The molecule has 2 rings (SSSR count). The van der Waals surface area contributed by atoms with E-state index in [0.717, 1.165) is 11.1 Å². The summed E-state index contributed by atoms with van der Waals surface area (Å²) in [5.41, 5.74) is 7.32. The Morgan fingerprint density at radius 3 is 2.33 bits per heavy atom. The average Bonchev–Trinajstić information content (AvgIpc) is 2.60. The summed E-state index contributed by atoms with van der Waals surface area (Å²) in [5.74, 6) is -1.72. The summed E-state index contributed by atoms with van der Waals surface area (Å²) in [4.78, 5) is 24.1. The molecule has 0 bridgehead atoms. The number of halogens is 1. The van der Waals surface area contributed by atoms with Crippen LogP contribution < -0.4 is 11.1 Å². The normalized spacial score (nSPS) is 11.6. The van der Waals surface area contributed by atoms with Crippen molar-refractivity contribution in [1.82, 2.24) is 5.32 Å². The van der Waals surface area contributed by atoms with Gasteiger partial charge in [-0.3, -0.25) is 4.79 Å². The molecule has 2 aromatic carbocycles. The highest BCUT2D eigenvalue weighted by atomic mass is 19.1. The van der Waals surface area contributed by atoms with Crippen LogP contribution in [0.4, 0.5) is 4.39 Å². The lowest BCUT2D eigenvalue weighted by molar-refractivity contribution is -0.145. The van der Waals surface area contributed by atoms with Crippen LogP contribution in [0.15, 0.2) is 48.5 Å². The van der Waals surface area contributed by atoms with E-state index in [4.69, 9.17) is 5.73 Å². The highest BCUT2D eigenvalue weighted by molar-refractivity contribution is 5.86. The van der Waals surface area contributed by atoms with E-state index in [1.54, 1.807) is 18.2 Å². The SMILES string of the molecule is COC(=O)C(NC(=O)Cc1ccc(CN)cc1)c1ccccc1F. The lowest BCUT2D eigenvalue weighted by Crippen LogP contribution is -2.36. The molecule has 1 unspecified atom stereocenters. The molecule has 0 saturated heterocycles. The number of hydrogen-bond donors (Lipinski definition) is 2. The summed E-state index contributed by atoms with van der Waals surface area (Å²) in [6, 6.07) is 11.8. The van der Waals surface area contributed by atoms with Gasteiger partial charge in [0.25, 0.3) is 0 Å². The van der Waals surface area contributed by atoms with Crippen molar-refractivity contribution in [3.63, 3.8) is 0 Å². The Bertz CT molecular complexity index is 716. The van der Waals surface area contributed by atoms with Gasteiger partial charge in [0.1, 0.15) is 5.82 Å². The van der Waals surface area contributed by atoms with E-state index in [0.29, 0.717) is 6.54 Å². The minimum Gasteiger partial charge on any atom is -0.467 e. The largest absolute Gasteiger partial charge is 0.467 e. The number of hydrogen-bond acceptors (Lipinski definition) is 4. The molecule has 0 saturated carbocycles. The Morgan fingerprint density at radius 1 is 1.12 bits per heavy atom. The average molecular weight is 330 g/mol. The molecule has 126 valence electrons. The van der Waals surface area contributed by atoms with E-state index in [2.05, 4.69) is 10.1 Å². The van der Waals surface area contributed by atoms with Crippen LogP contribution in [0.25, 0.3) is 0 Å². The van der Waals surface area contributed by atoms with Gasteiger partial charge in [-0.05, 0) is 17.2 Å². The van der Waals surface area contributed by atoms with Crippen molar-refractivity contribution in [2.75, 3.05) is 7.11 Å². The summed E-state index contributed by atoms with van der Waals surface area (Å²) in [5, 5.41) is 2.52. The van der Waals surface area contributed by atoms with Crippen LogP contribution in [0, 0.1) is 5.82 Å². The third kappa shape index (κ3) is 4.39. The van der Waals surface area contributed by atoms with Crippen molar-refractivity contribution in [3.05, 3.63) is 71.0 Å². The summed E-state index contributed by atoms with van der Waals surface area (Å²) in [6.45, 7) is 0.421. The molecular weight excluding hydrogens is 311 g/mol. The number of ether oxygens (including phenoxy) is 1. The van der Waals surface area contributed by atoms with E-state index < -0.39 is 23.7 Å². The van der Waals surface area contributed by atoms with Gasteiger partial charge in [-0.1, -0.05) is 42.5 Å². The molecule has 1 amide bonds. The van der Waals surface area contributed by atoms with Gasteiger partial charge in [0, 0.05) is 12.1 Å². The minimum atomic E-state index is -1.19. The first kappa shape index (κ1) is 17.6. The number of amides is 1. The summed E-state index contributed by atoms with van der Waals surface area (Å²) < 4.78 is 18.6. The van der Waals surface area contributed by atoms with Gasteiger partial charge in [-0.25, -0.2) is 9.18 Å². The number of carbonyl (C=O) groups excluding carboxylic acids is 2. The minimum absolute atomic E-state index is 0.0623. The molecule has 24 heavy (non-hydrogen) atoms. The van der Waals surface area contributed by atoms with E-state index in [1.165, 1.54) is 25.3 Å². The third-order valence-corrected chi connectivity index (χ3v) is 3.58. The van der Waals surface area contributed by atoms with Gasteiger partial charge >= 0.3 is 5.97 Å². The Hall–Kier alpha value is -2.73. The summed E-state index contributed by atoms with van der Waals surface area (Å²) >= 11 is 0. The molecule has 6 heteroatoms. The third-order valence-electron chi connectivity index (χ3n) is 3.58. The predicted molar refractivity (Wildman–Crippen MR) is 87.3 cm³/mol. The van der Waals surface area contributed by atoms with Crippen LogP contribution in [-0.4, -0.2) is 19.0 Å². The highest BCUT2D eigenvalue weighted by Crippen LogP contribution is 2.18. The molecule has 0 aromatic heterocycles. The Balaban J connectivity index is 2.12. The van der Waals surface area contributed by atoms with E-state index in [9.17, 15) is 14.0 Å². The molecule has 0 spiro atoms. The second-order valence-electron chi connectivity index (χ2n) is 5.24. The van der Waals surface area contributed by atoms with Crippen molar-refractivity contribution in [1.29, 1.82) is 0 Å². The van der Waals surface area contributed by atoms with Crippen LogP contribution in [-0.2, 0) is 27.3 Å². The molecule has 0 radical (unpaired) electrons. The molecule has 0 aliphatic carbocycles. The molecule has 0 fully saturated rings. The Kier molecular flexibility index (Phi) is 6.03. The van der Waals surface area contributed by atoms with Crippen LogP contribution in [0.1, 0.15) is 22.7 Å². The smallest absolute Gasteiger partial charge is 0.333 e. The lowest BCUT2D eigenvalue weighted by Gasteiger charge is -2.17. The summed E-state index contributed by atoms with van der Waals surface area (Å²) in [7, 11) is 1.19. The monoisotopic (exact) mass is 330 g/mol. The fourth-order valence-corrected chi connectivity index (χ4v) is 2.28. The van der Waals surface area contributed by atoms with Crippen molar-refractivity contribution < 1.29 is 18.7 Å². The van der Waals surface area contributed by atoms with Crippen molar-refractivity contribution >= 4 is 11.9 Å². The molecule has 0 aliphatic rings. The summed E-state index contributed by atoms with van der Waals surface area (Å²) in [6.07, 6.45) is 0.0623. The first-order valence-corrected chi connectivity index (χ1v) is 7.44. The van der Waals surface area contributed by atoms with Crippen LogP contribution in [0.2, 0.25) is 0 Å². The first-order chi connectivity index (χ1) is 11.5. The number of nitrogens with one attached hydrogen (secondary N) is 1. The fourth-order valence-electron chi connectivity index (χ4n) is 2.28. The zero-order valence-corrected chi connectivity index (χ0v) is 13.3. The maximum atomic E-state index is 13.9. The van der Waals surface area contributed by atoms with Gasteiger partial charge in [0.05, 0.1) is 13.5 Å². The van der Waals surface area contributed by atoms with Gasteiger partial charge in [-0.15, -0.1) is 0 Å². The molecule has 5 nitrogen and oxygen atoms in total. The number of esters is 1. The van der Waals surface area contributed by atoms with Gasteiger partial charge < -0.3 is 15.8 Å². The van der Waals surface area contributed by atoms with Gasteiger partial charge in [-0.2, -0.15) is 0 Å². The fraction of sp³-hybridized carbons (Fsp3) is 0.222. The van der Waals surface area contributed by atoms with Crippen molar-refractivity contribution in [2.45, 2.75) is 19.0 Å². The van der Waals surface area contributed by atoms with E-state index in [1.807, 2.05) is 12.1 Å². The van der Waals surface area contributed by atoms with Gasteiger partial charge in [0.15, 0.2) is 6.04 Å². The molecule has 0 heterocycles. The van der Waals surface area contributed by atoms with Crippen molar-refractivity contribution in [2.24, 2.45) is 5.73 Å². The number of carbonyl (C=O) groups is 2. The molecule has 2 aromatic rings. The molecule has 3 N–H and O–H groups in total. The van der Waals surface area contributed by atoms with Crippen LogP contribution in [0.3, 0.4) is 0 Å². The number of benzene rings is 2. The highest BCUT2D eigenvalue weighted by Gasteiger charge is 2.26. The topological polar surface area (TPSA) is 81.4 Å². The van der Waals surface area contributed by atoms with Crippen LogP contribution in [0.5, 0.6) is 0 Å². The maximum absolute atomic E-state index is 13.9. The van der Waals surface area contributed by atoms with E-state index >= 15 is 0 Å². The van der Waals surface area contributed by atoms with Crippen LogP contribution >= 0.6 is 0 Å². The second kappa shape index (κ2) is 8.21. The Morgan fingerprint density at radius 2 is 1.75 bits per heavy atom. The first-order valence-electron chi connectivity index (χ1n) is 7.44. The number of nitrogens with two attached hydrogens (primary N) is 1. The predicted octanol–water partition coefficient (Wildman–Crippen LogP) is 1.86. The lowest BCUT2D eigenvalue weighted by atomic mass is 10.0. The Labute approximate surface area is 139 Å². The van der Waals surface area contributed by atoms with E-state index in [-0.39, 0.29) is 12.0 Å². The zero-order valence-electron chi connectivity index (χ0n) is 13.3. The van der Waals surface area contributed by atoms with Crippen molar-refractivity contribution in [3.8, 4) is 0 Å². The quantitative estimate of drug-likeness (QED) is 0.792. The molecule has 1 atom stereocenters. The standard InChI is InChI=1S/C18H19FN2O3/c1-24-18(23)17(14-4-2-3-5-15(14)19)21-16(22)10-12-6-8-13(11-20)9-7-12/h2-9,17H,10-11,20H2,1H3,(H,21,22). The molecular formula is C18H19FN2O3. The van der Waals surface area contributed by atoms with Gasteiger partial charge in [0.2, 0.25) is 5.91 Å². The second-order valence-corrected chi connectivity index (χ2v) is 5.24. The maximum Gasteiger partial charge on any atom is 0.333 e. The number of methoxy groups -OCH3 is 1. The number of rotatable bonds is 6. The zero-order chi connectivity index (χ0) is 17.5.